The summed E-state index contributed by atoms with van der Waals surface area (Å²) in [6, 6.07) is 0. The summed E-state index contributed by atoms with van der Waals surface area (Å²) in [5.74, 6) is 0.0851. The molecule has 106 valence electrons. The van der Waals surface area contributed by atoms with Crippen LogP contribution in [0, 0.1) is 0 Å². The van der Waals surface area contributed by atoms with Crippen molar-refractivity contribution in [1.82, 2.24) is 10.6 Å². The van der Waals surface area contributed by atoms with Gasteiger partial charge in [0.15, 0.2) is 0 Å². The summed E-state index contributed by atoms with van der Waals surface area (Å²) >= 11 is 0. The van der Waals surface area contributed by atoms with Crippen LogP contribution in [0.1, 0.15) is 52.9 Å². The van der Waals surface area contributed by atoms with Crippen LogP contribution in [0.5, 0.6) is 0 Å². The summed E-state index contributed by atoms with van der Waals surface area (Å²) in [7, 11) is 1.65. The minimum Gasteiger partial charge on any atom is -0.444 e. The van der Waals surface area contributed by atoms with E-state index in [-0.39, 0.29) is 12.0 Å². The quantitative estimate of drug-likeness (QED) is 0.688. The van der Waals surface area contributed by atoms with Crippen LogP contribution >= 0.6 is 0 Å². The highest BCUT2D eigenvalue weighted by Crippen LogP contribution is 2.06. The highest BCUT2D eigenvalue weighted by atomic mass is 16.6. The van der Waals surface area contributed by atoms with Crippen molar-refractivity contribution in [1.29, 1.82) is 0 Å². The van der Waals surface area contributed by atoms with Crippen molar-refractivity contribution >= 4 is 12.0 Å². The number of carbonyl (C=O) groups excluding carboxylic acids is 2. The molecule has 5 heteroatoms. The van der Waals surface area contributed by atoms with Crippen molar-refractivity contribution in [2.24, 2.45) is 0 Å². The lowest BCUT2D eigenvalue weighted by molar-refractivity contribution is -0.120. The average molecular weight is 258 g/mol. The van der Waals surface area contributed by atoms with Gasteiger partial charge in [-0.25, -0.2) is 4.79 Å². The fraction of sp³-hybridized carbons (Fsp3) is 0.846. The van der Waals surface area contributed by atoms with Crippen molar-refractivity contribution in [2.45, 2.75) is 58.5 Å². The van der Waals surface area contributed by atoms with Crippen LogP contribution in [0.2, 0.25) is 0 Å². The molecule has 0 fully saturated rings. The molecule has 0 spiro atoms. The molecule has 0 heterocycles. The Bertz CT molecular complexity index is 259. The fourth-order valence-corrected chi connectivity index (χ4v) is 1.39. The van der Waals surface area contributed by atoms with Gasteiger partial charge in [0.2, 0.25) is 5.91 Å². The van der Waals surface area contributed by atoms with Crippen molar-refractivity contribution in [3.8, 4) is 0 Å². The Morgan fingerprint density at radius 2 is 1.67 bits per heavy atom. The molecule has 0 aromatic rings. The van der Waals surface area contributed by atoms with Gasteiger partial charge in [0.25, 0.3) is 0 Å². The standard InChI is InChI=1S/C13H26N2O3/c1-13(2,3)18-12(17)15-10-8-6-5-7-9-11(16)14-4/h5-10H2,1-4H3,(H,14,16)(H,15,17). The number of nitrogens with one attached hydrogen (secondary N) is 2. The van der Waals surface area contributed by atoms with Crippen molar-refractivity contribution in [3.63, 3.8) is 0 Å². The molecule has 0 saturated heterocycles. The molecule has 0 atom stereocenters. The van der Waals surface area contributed by atoms with E-state index < -0.39 is 5.60 Å². The lowest BCUT2D eigenvalue weighted by Crippen LogP contribution is -2.32. The number of ether oxygens (including phenoxy) is 1. The predicted molar refractivity (Wildman–Crippen MR) is 71.4 cm³/mol. The number of rotatable bonds is 7. The third kappa shape index (κ3) is 11.2. The zero-order chi connectivity index (χ0) is 14.0. The number of hydrogen-bond acceptors (Lipinski definition) is 3. The fourth-order valence-electron chi connectivity index (χ4n) is 1.39. The second-order valence-electron chi connectivity index (χ2n) is 5.27. The summed E-state index contributed by atoms with van der Waals surface area (Å²) in [6.07, 6.45) is 4.03. The molecular weight excluding hydrogens is 232 g/mol. The van der Waals surface area contributed by atoms with Gasteiger partial charge in [-0.15, -0.1) is 0 Å². The van der Waals surface area contributed by atoms with E-state index in [1.165, 1.54) is 0 Å². The Morgan fingerprint density at radius 3 is 2.22 bits per heavy atom. The molecule has 18 heavy (non-hydrogen) atoms. The molecule has 0 aromatic carbocycles. The molecule has 0 unspecified atom stereocenters. The lowest BCUT2D eigenvalue weighted by atomic mass is 10.1. The maximum Gasteiger partial charge on any atom is 0.407 e. The topological polar surface area (TPSA) is 67.4 Å². The van der Waals surface area contributed by atoms with E-state index in [1.807, 2.05) is 20.8 Å². The first-order valence-electron chi connectivity index (χ1n) is 6.52. The molecule has 0 bridgehead atoms. The van der Waals surface area contributed by atoms with Crippen LogP contribution in [0.15, 0.2) is 0 Å². The van der Waals surface area contributed by atoms with Crippen LogP contribution < -0.4 is 10.6 Å². The SMILES string of the molecule is CNC(=O)CCCCCCNC(=O)OC(C)(C)C. The van der Waals surface area contributed by atoms with Gasteiger partial charge in [-0.2, -0.15) is 0 Å². The molecule has 0 saturated carbocycles. The number of amides is 2. The third-order valence-electron chi connectivity index (χ3n) is 2.28. The van der Waals surface area contributed by atoms with Gasteiger partial charge in [-0.1, -0.05) is 12.8 Å². The summed E-state index contributed by atoms with van der Waals surface area (Å²) in [4.78, 5) is 22.2. The highest BCUT2D eigenvalue weighted by molar-refractivity contribution is 5.75. The predicted octanol–water partition coefficient (Wildman–Crippen LogP) is 2.21. The Kier molecular flexibility index (Phi) is 8.16. The van der Waals surface area contributed by atoms with E-state index >= 15 is 0 Å². The van der Waals surface area contributed by atoms with E-state index in [0.29, 0.717) is 13.0 Å². The lowest BCUT2D eigenvalue weighted by Gasteiger charge is -2.19. The van der Waals surface area contributed by atoms with Gasteiger partial charge >= 0.3 is 6.09 Å². The minimum absolute atomic E-state index is 0.0851. The first kappa shape index (κ1) is 16.7. The molecule has 2 N–H and O–H groups in total. The second kappa shape index (κ2) is 8.78. The first-order valence-corrected chi connectivity index (χ1v) is 6.52. The normalized spacial score (nSPS) is 10.9. The molecule has 0 aliphatic rings. The molecular formula is C13H26N2O3. The Morgan fingerprint density at radius 1 is 1.06 bits per heavy atom. The molecule has 5 nitrogen and oxygen atoms in total. The van der Waals surface area contributed by atoms with Gasteiger partial charge in [0.1, 0.15) is 5.60 Å². The monoisotopic (exact) mass is 258 g/mol. The molecule has 0 aliphatic heterocycles. The van der Waals surface area contributed by atoms with Crippen LogP contribution in [0.3, 0.4) is 0 Å². The largest absolute Gasteiger partial charge is 0.444 e. The summed E-state index contributed by atoms with van der Waals surface area (Å²) in [5, 5.41) is 5.30. The Balaban J connectivity index is 3.35. The second-order valence-corrected chi connectivity index (χ2v) is 5.27. The number of unbranched alkanes of at least 4 members (excludes halogenated alkanes) is 3. The number of alkyl carbamates (subject to hydrolysis) is 1. The zero-order valence-corrected chi connectivity index (χ0v) is 12.0. The van der Waals surface area contributed by atoms with E-state index in [0.717, 1.165) is 25.7 Å². The van der Waals surface area contributed by atoms with Crippen molar-refractivity contribution < 1.29 is 14.3 Å². The van der Waals surface area contributed by atoms with E-state index in [9.17, 15) is 9.59 Å². The molecule has 0 aromatic heterocycles. The molecule has 0 aliphatic carbocycles. The maximum atomic E-state index is 11.3. The van der Waals surface area contributed by atoms with E-state index in [1.54, 1.807) is 7.05 Å². The van der Waals surface area contributed by atoms with Crippen LogP contribution in [0.25, 0.3) is 0 Å². The Hall–Kier alpha value is -1.26. The highest BCUT2D eigenvalue weighted by Gasteiger charge is 2.15. The smallest absolute Gasteiger partial charge is 0.407 e. The molecule has 0 radical (unpaired) electrons. The van der Waals surface area contributed by atoms with Crippen LogP contribution in [-0.2, 0) is 9.53 Å². The van der Waals surface area contributed by atoms with Crippen LogP contribution in [-0.4, -0.2) is 31.2 Å². The maximum absolute atomic E-state index is 11.3. The van der Waals surface area contributed by atoms with E-state index in [4.69, 9.17) is 4.74 Å². The van der Waals surface area contributed by atoms with Crippen molar-refractivity contribution in [2.75, 3.05) is 13.6 Å². The van der Waals surface area contributed by atoms with Gasteiger partial charge in [0, 0.05) is 20.0 Å². The minimum atomic E-state index is -0.447. The number of carbonyl (C=O) groups is 2. The third-order valence-corrected chi connectivity index (χ3v) is 2.28. The molecule has 2 amide bonds. The van der Waals surface area contributed by atoms with Gasteiger partial charge in [-0.3, -0.25) is 4.79 Å². The first-order chi connectivity index (χ1) is 8.35. The number of hydrogen-bond donors (Lipinski definition) is 2. The summed E-state index contributed by atoms with van der Waals surface area (Å²) < 4.78 is 5.11. The summed E-state index contributed by atoms with van der Waals surface area (Å²) in [6.45, 7) is 6.14. The van der Waals surface area contributed by atoms with Gasteiger partial charge in [0.05, 0.1) is 0 Å². The average Bonchev–Trinajstić information content (AvgIpc) is 2.25. The van der Waals surface area contributed by atoms with Crippen LogP contribution in [0.4, 0.5) is 4.79 Å². The van der Waals surface area contributed by atoms with Gasteiger partial charge < -0.3 is 15.4 Å². The zero-order valence-electron chi connectivity index (χ0n) is 12.0. The summed E-state index contributed by atoms with van der Waals surface area (Å²) in [5.41, 5.74) is -0.447. The van der Waals surface area contributed by atoms with Crippen molar-refractivity contribution in [3.05, 3.63) is 0 Å². The Labute approximate surface area is 110 Å². The van der Waals surface area contributed by atoms with Gasteiger partial charge in [-0.05, 0) is 33.6 Å². The molecule has 0 rings (SSSR count). The van der Waals surface area contributed by atoms with E-state index in [2.05, 4.69) is 10.6 Å².